The van der Waals surface area contributed by atoms with Gasteiger partial charge in [-0.3, -0.25) is 15.1 Å². The second-order valence-electron chi connectivity index (χ2n) is 6.44. The van der Waals surface area contributed by atoms with Crippen LogP contribution in [0.2, 0.25) is 5.02 Å². The largest absolute Gasteiger partial charge is 0.278 e. The third kappa shape index (κ3) is 3.66. The van der Waals surface area contributed by atoms with E-state index in [1.54, 1.807) is 18.2 Å². The van der Waals surface area contributed by atoms with Gasteiger partial charge in [-0.25, -0.2) is 26.9 Å². The first-order chi connectivity index (χ1) is 14.8. The molecule has 1 heterocycles. The molecule has 4 rings (SSSR count). The number of benzene rings is 3. The van der Waals surface area contributed by atoms with Crippen LogP contribution in [-0.4, -0.2) is 4.98 Å². The van der Waals surface area contributed by atoms with Crippen LogP contribution >= 0.6 is 11.6 Å². The van der Waals surface area contributed by atoms with E-state index in [2.05, 4.69) is 10.5 Å². The van der Waals surface area contributed by atoms with Gasteiger partial charge in [0.1, 0.15) is 6.61 Å². The van der Waals surface area contributed by atoms with Crippen molar-refractivity contribution in [2.45, 2.75) is 6.61 Å². The zero-order chi connectivity index (χ0) is 22.3. The predicted octanol–water partition coefficient (Wildman–Crippen LogP) is 5.64. The van der Waals surface area contributed by atoms with E-state index in [4.69, 9.17) is 16.4 Å². The van der Waals surface area contributed by atoms with Crippen LogP contribution in [-0.2, 0) is 11.4 Å². The van der Waals surface area contributed by atoms with Crippen molar-refractivity contribution in [3.05, 3.63) is 92.5 Å². The summed E-state index contributed by atoms with van der Waals surface area (Å²) in [6.07, 6.45) is 0. The molecular formula is C21H10ClF5N2O2. The minimum Gasteiger partial charge on any atom is -0.271 e. The van der Waals surface area contributed by atoms with Gasteiger partial charge in [0.05, 0.1) is 22.2 Å². The summed E-state index contributed by atoms with van der Waals surface area (Å²) in [5, 5.41) is 1.19. The lowest BCUT2D eigenvalue weighted by Crippen LogP contribution is -2.11. The third-order valence-electron chi connectivity index (χ3n) is 4.57. The normalized spacial score (nSPS) is 11.3. The second kappa shape index (κ2) is 8.09. The Morgan fingerprint density at radius 2 is 1.45 bits per heavy atom. The summed E-state index contributed by atoms with van der Waals surface area (Å²) in [5.41, 5.74) is 1.17. The summed E-state index contributed by atoms with van der Waals surface area (Å²) in [6, 6.07) is 10.8. The van der Waals surface area contributed by atoms with Crippen LogP contribution in [0.5, 0.6) is 0 Å². The maximum Gasteiger partial charge on any atom is 0.278 e. The number of hydrogen-bond acceptors (Lipinski definition) is 4. The van der Waals surface area contributed by atoms with Crippen molar-refractivity contribution in [3.8, 4) is 0 Å². The maximum atomic E-state index is 13.9. The number of halogens is 6. The minimum atomic E-state index is -2.26. The molecule has 0 saturated carbocycles. The van der Waals surface area contributed by atoms with Crippen molar-refractivity contribution in [1.82, 2.24) is 4.98 Å². The van der Waals surface area contributed by atoms with Gasteiger partial charge >= 0.3 is 0 Å². The summed E-state index contributed by atoms with van der Waals surface area (Å²) in [4.78, 5) is 21.6. The molecule has 4 nitrogen and oxygen atoms in total. The SMILES string of the molecule is O=c1nc2ccc(Cl)cc2c(NOCc2c(F)c(F)c(F)c(F)c2F)c2ccccc12. The number of nitrogens with zero attached hydrogens (tertiary/aromatic N) is 1. The Morgan fingerprint density at radius 3 is 2.13 bits per heavy atom. The molecule has 10 heteroatoms. The fourth-order valence-corrected chi connectivity index (χ4v) is 3.25. The minimum absolute atomic E-state index is 0.173. The first kappa shape index (κ1) is 21.0. The molecule has 158 valence electrons. The van der Waals surface area contributed by atoms with Gasteiger partial charge in [0.15, 0.2) is 23.3 Å². The molecule has 0 spiro atoms. The zero-order valence-electron chi connectivity index (χ0n) is 15.3. The van der Waals surface area contributed by atoms with Gasteiger partial charge in [-0.05, 0) is 24.3 Å². The average molecular weight is 453 g/mol. The summed E-state index contributed by atoms with van der Waals surface area (Å²) in [7, 11) is 0. The Labute approximate surface area is 175 Å². The van der Waals surface area contributed by atoms with Crippen molar-refractivity contribution in [2.24, 2.45) is 0 Å². The molecule has 0 radical (unpaired) electrons. The highest BCUT2D eigenvalue weighted by Gasteiger charge is 2.25. The molecule has 1 N–H and O–H groups in total. The van der Waals surface area contributed by atoms with Crippen LogP contribution in [0.1, 0.15) is 5.56 Å². The van der Waals surface area contributed by atoms with Gasteiger partial charge in [0.2, 0.25) is 5.82 Å². The monoisotopic (exact) mass is 452 g/mol. The lowest BCUT2D eigenvalue weighted by molar-refractivity contribution is 0.170. The number of rotatable bonds is 4. The molecule has 0 fully saturated rings. The van der Waals surface area contributed by atoms with E-state index in [1.165, 1.54) is 24.3 Å². The highest BCUT2D eigenvalue weighted by molar-refractivity contribution is 6.31. The summed E-state index contributed by atoms with van der Waals surface area (Å²) in [6.45, 7) is -1.00. The highest BCUT2D eigenvalue weighted by atomic mass is 35.5. The number of nitrogens with one attached hydrogen (secondary N) is 1. The summed E-state index contributed by atoms with van der Waals surface area (Å²) in [5.74, 6) is -10.4. The smallest absolute Gasteiger partial charge is 0.271 e. The molecule has 4 aromatic rings. The van der Waals surface area contributed by atoms with E-state index < -0.39 is 46.8 Å². The first-order valence-corrected chi connectivity index (χ1v) is 9.07. The molecule has 0 saturated heterocycles. The van der Waals surface area contributed by atoms with Crippen molar-refractivity contribution in [2.75, 3.05) is 5.48 Å². The van der Waals surface area contributed by atoms with E-state index >= 15 is 0 Å². The van der Waals surface area contributed by atoms with Crippen LogP contribution in [0.25, 0.3) is 21.7 Å². The Balaban J connectivity index is 1.82. The van der Waals surface area contributed by atoms with Crippen LogP contribution in [0, 0.1) is 29.1 Å². The van der Waals surface area contributed by atoms with Crippen molar-refractivity contribution >= 4 is 39.0 Å². The van der Waals surface area contributed by atoms with Crippen LogP contribution in [0.4, 0.5) is 27.6 Å². The summed E-state index contributed by atoms with van der Waals surface area (Å²) >= 11 is 6.05. The highest BCUT2D eigenvalue weighted by Crippen LogP contribution is 2.30. The van der Waals surface area contributed by atoms with Crippen molar-refractivity contribution in [3.63, 3.8) is 0 Å². The quantitative estimate of drug-likeness (QED) is 0.188. The van der Waals surface area contributed by atoms with Crippen LogP contribution < -0.4 is 11.0 Å². The molecular weight excluding hydrogens is 443 g/mol. The second-order valence-corrected chi connectivity index (χ2v) is 6.87. The van der Waals surface area contributed by atoms with Crippen molar-refractivity contribution in [1.29, 1.82) is 0 Å². The van der Waals surface area contributed by atoms with E-state index in [1.807, 2.05) is 0 Å². The van der Waals surface area contributed by atoms with E-state index in [-0.39, 0.29) is 16.6 Å². The molecule has 0 aliphatic heterocycles. The van der Waals surface area contributed by atoms with Crippen LogP contribution in [0.15, 0.2) is 47.3 Å². The molecule has 0 bridgehead atoms. The zero-order valence-corrected chi connectivity index (χ0v) is 16.0. The third-order valence-corrected chi connectivity index (χ3v) is 4.80. The molecule has 0 atom stereocenters. The lowest BCUT2D eigenvalue weighted by atomic mass is 10.1. The Kier molecular flexibility index (Phi) is 5.47. The Hall–Kier alpha value is -3.30. The lowest BCUT2D eigenvalue weighted by Gasteiger charge is -2.12. The molecule has 0 aliphatic rings. The number of anilines is 1. The van der Waals surface area contributed by atoms with E-state index in [0.717, 1.165) is 0 Å². The Morgan fingerprint density at radius 1 is 0.839 bits per heavy atom. The van der Waals surface area contributed by atoms with Gasteiger partial charge in [0.25, 0.3) is 5.56 Å². The summed E-state index contributed by atoms with van der Waals surface area (Å²) < 4.78 is 67.8. The van der Waals surface area contributed by atoms with Gasteiger partial charge < -0.3 is 0 Å². The molecule has 3 aromatic carbocycles. The maximum absolute atomic E-state index is 13.9. The topological polar surface area (TPSA) is 51.2 Å². The molecule has 31 heavy (non-hydrogen) atoms. The van der Waals surface area contributed by atoms with E-state index in [9.17, 15) is 26.7 Å². The molecule has 0 unspecified atom stereocenters. The number of aromatic nitrogens is 1. The Bertz CT molecular complexity index is 1390. The van der Waals surface area contributed by atoms with E-state index in [0.29, 0.717) is 15.8 Å². The fourth-order valence-electron chi connectivity index (χ4n) is 3.08. The fraction of sp³-hybridized carbons (Fsp3) is 0.0476. The van der Waals surface area contributed by atoms with Gasteiger partial charge in [-0.1, -0.05) is 29.8 Å². The molecule has 1 aromatic heterocycles. The van der Waals surface area contributed by atoms with Gasteiger partial charge in [0, 0.05) is 15.8 Å². The average Bonchev–Trinajstić information content (AvgIpc) is 2.88. The van der Waals surface area contributed by atoms with Gasteiger partial charge in [-0.2, -0.15) is 0 Å². The molecule has 0 aliphatic carbocycles. The number of hydrogen-bond donors (Lipinski definition) is 1. The predicted molar refractivity (Wildman–Crippen MR) is 105 cm³/mol. The van der Waals surface area contributed by atoms with Crippen LogP contribution in [0.3, 0.4) is 0 Å². The standard InChI is InChI=1S/C21H10ClF5N2O2/c22-9-5-6-14-12(7-9)20(10-3-1-2-4-11(10)21(30)28-14)29-31-8-13-15(23)17(25)19(27)18(26)16(13)24/h1-7,29H,8H2. The van der Waals surface area contributed by atoms with Crippen molar-refractivity contribution < 1.29 is 26.8 Å². The van der Waals surface area contributed by atoms with Gasteiger partial charge in [-0.15, -0.1) is 0 Å². The molecule has 0 amide bonds. The first-order valence-electron chi connectivity index (χ1n) is 8.70. The number of fused-ring (bicyclic) bond motifs is 2.